The van der Waals surface area contributed by atoms with E-state index in [9.17, 15) is 0 Å². The second-order valence-electron chi connectivity index (χ2n) is 6.11. The zero-order valence-electron chi connectivity index (χ0n) is 8.42. The summed E-state index contributed by atoms with van der Waals surface area (Å²) in [6, 6.07) is 1.98. The highest BCUT2D eigenvalue weighted by atomic mass is 15.3. The van der Waals surface area contributed by atoms with Crippen LogP contribution in [-0.2, 0) is 0 Å². The van der Waals surface area contributed by atoms with Gasteiger partial charge in [0.25, 0.3) is 0 Å². The van der Waals surface area contributed by atoms with Crippen LogP contribution in [0.15, 0.2) is 0 Å². The molecule has 1 spiro atoms. The summed E-state index contributed by atoms with van der Waals surface area (Å²) in [6.45, 7) is 2.44. The Balaban J connectivity index is 1.56. The minimum Gasteiger partial charge on any atom is -0.307 e. The number of hydrogen-bond acceptors (Lipinski definition) is 1. The Hall–Kier alpha value is -0.0400. The van der Waals surface area contributed by atoms with E-state index < -0.39 is 0 Å². The van der Waals surface area contributed by atoms with Crippen molar-refractivity contribution in [1.29, 1.82) is 0 Å². The molecule has 0 aromatic carbocycles. The molecule has 5 unspecified atom stereocenters. The molecular formula is C12H19N. The van der Waals surface area contributed by atoms with Crippen molar-refractivity contribution >= 4 is 0 Å². The van der Waals surface area contributed by atoms with Crippen molar-refractivity contribution in [2.45, 2.75) is 51.1 Å². The van der Waals surface area contributed by atoms with Crippen LogP contribution in [0.2, 0.25) is 0 Å². The van der Waals surface area contributed by atoms with Crippen LogP contribution in [0, 0.1) is 23.2 Å². The molecule has 0 amide bonds. The Bertz CT molecular complexity index is 256. The Morgan fingerprint density at radius 2 is 2.08 bits per heavy atom. The molecular weight excluding hydrogens is 158 g/mol. The van der Waals surface area contributed by atoms with Crippen molar-refractivity contribution in [3.63, 3.8) is 0 Å². The van der Waals surface area contributed by atoms with Crippen molar-refractivity contribution in [3.05, 3.63) is 0 Å². The molecule has 72 valence electrons. The van der Waals surface area contributed by atoms with Crippen LogP contribution in [0.25, 0.3) is 0 Å². The van der Waals surface area contributed by atoms with Gasteiger partial charge in [0, 0.05) is 12.1 Å². The minimum atomic E-state index is 0.861. The van der Waals surface area contributed by atoms with E-state index in [1.807, 2.05) is 0 Å². The predicted molar refractivity (Wildman–Crippen MR) is 52.4 cm³/mol. The van der Waals surface area contributed by atoms with Crippen molar-refractivity contribution in [2.24, 2.45) is 23.2 Å². The van der Waals surface area contributed by atoms with E-state index in [1.165, 1.54) is 12.8 Å². The lowest BCUT2D eigenvalue weighted by Gasteiger charge is -2.39. The van der Waals surface area contributed by atoms with Gasteiger partial charge in [0.1, 0.15) is 0 Å². The fourth-order valence-corrected chi connectivity index (χ4v) is 4.56. The van der Waals surface area contributed by atoms with Crippen molar-refractivity contribution in [3.8, 4) is 0 Å². The van der Waals surface area contributed by atoms with Gasteiger partial charge in [0.2, 0.25) is 0 Å². The third-order valence-electron chi connectivity index (χ3n) is 5.36. The average Bonchev–Trinajstić information content (AvgIpc) is 2.90. The van der Waals surface area contributed by atoms with Gasteiger partial charge in [-0.1, -0.05) is 13.3 Å². The van der Waals surface area contributed by atoms with Crippen molar-refractivity contribution < 1.29 is 0 Å². The maximum absolute atomic E-state index is 3.70. The highest BCUT2D eigenvalue weighted by Crippen LogP contribution is 2.73. The van der Waals surface area contributed by atoms with Crippen LogP contribution < -0.4 is 5.32 Å². The Morgan fingerprint density at radius 3 is 2.69 bits per heavy atom. The zero-order valence-corrected chi connectivity index (χ0v) is 8.42. The topological polar surface area (TPSA) is 21.9 Å². The van der Waals surface area contributed by atoms with Crippen LogP contribution >= 0.6 is 0 Å². The lowest BCUT2D eigenvalue weighted by Crippen LogP contribution is -2.42. The first-order valence-corrected chi connectivity index (χ1v) is 6.07. The largest absolute Gasteiger partial charge is 0.307 e. The van der Waals surface area contributed by atoms with E-state index >= 15 is 0 Å². The first kappa shape index (κ1) is 7.28. The second-order valence-corrected chi connectivity index (χ2v) is 6.11. The maximum Gasteiger partial charge on any atom is 0.0287 e. The van der Waals surface area contributed by atoms with Crippen LogP contribution in [-0.4, -0.2) is 12.1 Å². The fourth-order valence-electron chi connectivity index (χ4n) is 4.56. The van der Waals surface area contributed by atoms with Gasteiger partial charge in [0.15, 0.2) is 0 Å². The lowest BCUT2D eigenvalue weighted by molar-refractivity contribution is 0.132. The number of nitrogens with one attached hydrogen (secondary N) is 1. The molecule has 4 rings (SSSR count). The third-order valence-corrected chi connectivity index (χ3v) is 5.36. The van der Waals surface area contributed by atoms with E-state index in [1.54, 1.807) is 19.3 Å². The van der Waals surface area contributed by atoms with Gasteiger partial charge in [-0.2, -0.15) is 0 Å². The summed E-state index contributed by atoms with van der Waals surface area (Å²) in [6.07, 6.45) is 7.69. The highest BCUT2D eigenvalue weighted by Gasteiger charge is 2.77. The monoisotopic (exact) mass is 177 g/mol. The summed E-state index contributed by atoms with van der Waals surface area (Å²) in [5, 5.41) is 3.70. The van der Waals surface area contributed by atoms with Gasteiger partial charge >= 0.3 is 0 Å². The summed E-state index contributed by atoms with van der Waals surface area (Å²) in [5.74, 6) is 3.25. The van der Waals surface area contributed by atoms with Crippen LogP contribution in [0.3, 0.4) is 0 Å². The number of rotatable bonds is 1. The molecule has 3 saturated carbocycles. The molecule has 1 heteroatoms. The van der Waals surface area contributed by atoms with E-state index in [0.29, 0.717) is 0 Å². The summed E-state index contributed by atoms with van der Waals surface area (Å²) in [7, 11) is 0. The molecule has 5 atom stereocenters. The lowest BCUT2D eigenvalue weighted by atomic mass is 9.63. The minimum absolute atomic E-state index is 0.861. The third kappa shape index (κ3) is 0.743. The second kappa shape index (κ2) is 1.98. The molecule has 0 aromatic heterocycles. The molecule has 13 heavy (non-hydrogen) atoms. The average molecular weight is 177 g/mol. The van der Waals surface area contributed by atoms with Crippen molar-refractivity contribution in [1.82, 2.24) is 5.32 Å². The summed E-state index contributed by atoms with van der Waals surface area (Å²) in [5.41, 5.74) is 0.861. The molecule has 1 aliphatic heterocycles. The normalized spacial score (nSPS) is 60.2. The summed E-state index contributed by atoms with van der Waals surface area (Å²) < 4.78 is 0. The fraction of sp³-hybridized carbons (Fsp3) is 1.00. The first-order chi connectivity index (χ1) is 6.31. The van der Waals surface area contributed by atoms with Crippen LogP contribution in [0.4, 0.5) is 0 Å². The van der Waals surface area contributed by atoms with E-state index in [-0.39, 0.29) is 0 Å². The smallest absolute Gasteiger partial charge is 0.0287 e. The highest BCUT2D eigenvalue weighted by molar-refractivity contribution is 5.32. The maximum atomic E-state index is 3.70. The SMILES string of the molecule is CC1CCC(C2C3NC3C23CC3)C1. The first-order valence-electron chi connectivity index (χ1n) is 6.07. The predicted octanol–water partition coefficient (Wildman–Crippen LogP) is 2.17. The van der Waals surface area contributed by atoms with E-state index in [0.717, 1.165) is 35.3 Å². The van der Waals surface area contributed by atoms with Crippen LogP contribution in [0.5, 0.6) is 0 Å². The molecule has 3 aliphatic carbocycles. The molecule has 0 bridgehead atoms. The van der Waals surface area contributed by atoms with E-state index in [2.05, 4.69) is 12.2 Å². The number of hydrogen-bond donors (Lipinski definition) is 1. The molecule has 4 fully saturated rings. The van der Waals surface area contributed by atoms with Gasteiger partial charge in [-0.15, -0.1) is 0 Å². The molecule has 1 N–H and O–H groups in total. The number of fused-ring (bicyclic) bond motifs is 2. The quantitative estimate of drug-likeness (QED) is 0.609. The summed E-state index contributed by atoms with van der Waals surface area (Å²) >= 11 is 0. The van der Waals surface area contributed by atoms with Crippen molar-refractivity contribution in [2.75, 3.05) is 0 Å². The van der Waals surface area contributed by atoms with E-state index in [4.69, 9.17) is 0 Å². The van der Waals surface area contributed by atoms with Gasteiger partial charge in [-0.25, -0.2) is 0 Å². The standard InChI is InChI=1S/C12H19N/c1-7-2-3-8(6-7)9-10-11(13-10)12(9)4-5-12/h7-11,13H,2-6H2,1H3. The van der Waals surface area contributed by atoms with Gasteiger partial charge in [0.05, 0.1) is 0 Å². The molecule has 0 radical (unpaired) electrons. The van der Waals surface area contributed by atoms with Gasteiger partial charge < -0.3 is 5.32 Å². The van der Waals surface area contributed by atoms with Crippen LogP contribution in [0.1, 0.15) is 39.0 Å². The molecule has 4 aliphatic rings. The molecule has 0 aromatic rings. The van der Waals surface area contributed by atoms with Gasteiger partial charge in [-0.05, 0) is 48.9 Å². The Morgan fingerprint density at radius 1 is 1.23 bits per heavy atom. The Kier molecular flexibility index (Phi) is 1.11. The molecule has 1 saturated heterocycles. The zero-order chi connectivity index (χ0) is 8.63. The molecule has 1 nitrogen and oxygen atoms in total. The van der Waals surface area contributed by atoms with Gasteiger partial charge in [-0.3, -0.25) is 0 Å². The molecule has 1 heterocycles. The summed E-state index contributed by atoms with van der Waals surface area (Å²) in [4.78, 5) is 0. The Labute approximate surface area is 80.3 Å².